The van der Waals surface area contributed by atoms with E-state index in [-0.39, 0.29) is 5.56 Å². The zero-order valence-electron chi connectivity index (χ0n) is 18.5. The minimum atomic E-state index is -0.956. The molecule has 3 N–H and O–H groups in total. The van der Waals surface area contributed by atoms with E-state index in [9.17, 15) is 4.79 Å². The Kier molecular flexibility index (Phi) is 5.39. The van der Waals surface area contributed by atoms with Gasteiger partial charge in [0.15, 0.2) is 5.82 Å². The minimum Gasteiger partial charge on any atom is -0.478 e. The number of carboxylic acids is 1. The van der Waals surface area contributed by atoms with E-state index >= 15 is 0 Å². The lowest BCUT2D eigenvalue weighted by molar-refractivity contribution is 0.0697. The predicted octanol–water partition coefficient (Wildman–Crippen LogP) is 5.87. The molecule has 5 rings (SSSR count). The number of carboxylic acid groups (broad SMARTS) is 1. The Bertz CT molecular complexity index is 1490. The number of nitrogens with one attached hydrogen (secondary N) is 2. The van der Waals surface area contributed by atoms with Crippen LogP contribution in [0.3, 0.4) is 0 Å². The first-order valence-corrected chi connectivity index (χ1v) is 10.6. The molecule has 0 aliphatic heterocycles. The number of aromatic carboxylic acids is 1. The standard InChI is InChI=1S/C26H21N5O3/c1-15-11-19(8-10-23(15)34-20-9-3-16(2)27-13-20)30-25-24-22(28-14-29-25)12-21(31-24)17-4-6-18(7-5-17)26(32)33/h3-14,31H,1-2H3,(H,32,33)(H,28,29,30). The van der Waals surface area contributed by atoms with Crippen molar-refractivity contribution in [3.8, 4) is 22.8 Å². The Morgan fingerprint density at radius 3 is 2.50 bits per heavy atom. The van der Waals surface area contributed by atoms with Gasteiger partial charge in [-0.05, 0) is 73.5 Å². The number of benzene rings is 2. The maximum atomic E-state index is 11.1. The molecule has 5 aromatic rings. The third-order valence-electron chi connectivity index (χ3n) is 5.41. The second kappa shape index (κ2) is 8.67. The summed E-state index contributed by atoms with van der Waals surface area (Å²) < 4.78 is 5.96. The van der Waals surface area contributed by atoms with Crippen LogP contribution in [-0.4, -0.2) is 31.0 Å². The fourth-order valence-electron chi connectivity index (χ4n) is 3.60. The Labute approximate surface area is 195 Å². The summed E-state index contributed by atoms with van der Waals surface area (Å²) in [5.74, 6) is 1.11. The van der Waals surface area contributed by atoms with Crippen molar-refractivity contribution >= 4 is 28.5 Å². The number of aromatic amines is 1. The quantitative estimate of drug-likeness (QED) is 0.296. The van der Waals surface area contributed by atoms with E-state index in [0.717, 1.165) is 45.0 Å². The highest BCUT2D eigenvalue weighted by Crippen LogP contribution is 2.31. The molecule has 3 heterocycles. The van der Waals surface area contributed by atoms with E-state index in [0.29, 0.717) is 11.6 Å². The topological polar surface area (TPSA) is 113 Å². The molecule has 3 aromatic heterocycles. The number of fused-ring (bicyclic) bond motifs is 1. The molecule has 0 amide bonds. The van der Waals surface area contributed by atoms with Crippen LogP contribution in [0.5, 0.6) is 11.5 Å². The van der Waals surface area contributed by atoms with Gasteiger partial charge in [-0.3, -0.25) is 4.98 Å². The zero-order chi connectivity index (χ0) is 23.7. The van der Waals surface area contributed by atoms with Gasteiger partial charge in [0.2, 0.25) is 0 Å². The van der Waals surface area contributed by atoms with Gasteiger partial charge in [-0.25, -0.2) is 14.8 Å². The van der Waals surface area contributed by atoms with E-state index in [2.05, 4.69) is 25.3 Å². The second-order valence-electron chi connectivity index (χ2n) is 7.89. The van der Waals surface area contributed by atoms with E-state index < -0.39 is 5.97 Å². The molecule has 0 aliphatic carbocycles. The van der Waals surface area contributed by atoms with Crippen LogP contribution in [0.4, 0.5) is 11.5 Å². The SMILES string of the molecule is Cc1ccc(Oc2ccc(Nc3ncnc4cc(-c5ccc(C(=O)O)cc5)[nH]c34)cc2C)cn1. The van der Waals surface area contributed by atoms with Crippen LogP contribution < -0.4 is 10.1 Å². The van der Waals surface area contributed by atoms with Gasteiger partial charge in [0.25, 0.3) is 0 Å². The van der Waals surface area contributed by atoms with E-state index in [1.807, 2.05) is 50.2 Å². The lowest BCUT2D eigenvalue weighted by Gasteiger charge is -2.12. The monoisotopic (exact) mass is 451 g/mol. The summed E-state index contributed by atoms with van der Waals surface area (Å²) in [6.07, 6.45) is 3.21. The molecule has 34 heavy (non-hydrogen) atoms. The van der Waals surface area contributed by atoms with Crippen molar-refractivity contribution in [3.63, 3.8) is 0 Å². The number of hydrogen-bond donors (Lipinski definition) is 3. The fourth-order valence-corrected chi connectivity index (χ4v) is 3.60. The van der Waals surface area contributed by atoms with Crippen LogP contribution in [0.1, 0.15) is 21.6 Å². The molecular formula is C26H21N5O3. The van der Waals surface area contributed by atoms with Crippen molar-refractivity contribution in [2.24, 2.45) is 0 Å². The molecular weight excluding hydrogens is 430 g/mol. The molecule has 0 unspecified atom stereocenters. The summed E-state index contributed by atoms with van der Waals surface area (Å²) in [6.45, 7) is 3.91. The summed E-state index contributed by atoms with van der Waals surface area (Å²) >= 11 is 0. The highest BCUT2D eigenvalue weighted by atomic mass is 16.5. The third-order valence-corrected chi connectivity index (χ3v) is 5.41. The maximum Gasteiger partial charge on any atom is 0.335 e. The average molecular weight is 451 g/mol. The first kappa shape index (κ1) is 21.1. The minimum absolute atomic E-state index is 0.239. The molecule has 0 saturated carbocycles. The van der Waals surface area contributed by atoms with E-state index in [4.69, 9.17) is 9.84 Å². The average Bonchev–Trinajstić information content (AvgIpc) is 3.28. The molecule has 8 nitrogen and oxygen atoms in total. The molecule has 8 heteroatoms. The van der Waals surface area contributed by atoms with Crippen LogP contribution in [0.25, 0.3) is 22.3 Å². The Morgan fingerprint density at radius 2 is 1.79 bits per heavy atom. The van der Waals surface area contributed by atoms with Crippen LogP contribution in [0.15, 0.2) is 73.2 Å². The molecule has 0 bridgehead atoms. The fraction of sp³-hybridized carbons (Fsp3) is 0.0769. The summed E-state index contributed by atoms with van der Waals surface area (Å²) in [6, 6.07) is 18.2. The van der Waals surface area contributed by atoms with Crippen molar-refractivity contribution in [2.75, 3.05) is 5.32 Å². The highest BCUT2D eigenvalue weighted by molar-refractivity contribution is 5.92. The molecule has 0 atom stereocenters. The van der Waals surface area contributed by atoms with Crippen molar-refractivity contribution in [2.45, 2.75) is 13.8 Å². The first-order chi connectivity index (χ1) is 16.5. The van der Waals surface area contributed by atoms with Gasteiger partial charge in [-0.2, -0.15) is 0 Å². The number of pyridine rings is 1. The maximum absolute atomic E-state index is 11.1. The van der Waals surface area contributed by atoms with Crippen molar-refractivity contribution in [3.05, 3.63) is 90.0 Å². The summed E-state index contributed by atoms with van der Waals surface area (Å²) in [5.41, 5.74) is 6.17. The van der Waals surface area contributed by atoms with Gasteiger partial charge in [0, 0.05) is 17.1 Å². The number of ether oxygens (including phenoxy) is 1. The van der Waals surface area contributed by atoms with E-state index in [1.165, 1.54) is 6.33 Å². The van der Waals surface area contributed by atoms with Crippen LogP contribution >= 0.6 is 0 Å². The van der Waals surface area contributed by atoms with Crippen molar-refractivity contribution in [1.29, 1.82) is 0 Å². The van der Waals surface area contributed by atoms with Gasteiger partial charge in [0.05, 0.1) is 17.3 Å². The number of hydrogen-bond acceptors (Lipinski definition) is 6. The summed E-state index contributed by atoms with van der Waals surface area (Å²) in [5, 5.41) is 12.5. The Balaban J connectivity index is 1.39. The third kappa shape index (κ3) is 4.29. The predicted molar refractivity (Wildman–Crippen MR) is 130 cm³/mol. The van der Waals surface area contributed by atoms with Crippen molar-refractivity contribution < 1.29 is 14.6 Å². The van der Waals surface area contributed by atoms with E-state index in [1.54, 1.807) is 30.5 Å². The molecule has 0 radical (unpaired) electrons. The summed E-state index contributed by atoms with van der Waals surface area (Å²) in [7, 11) is 0. The smallest absolute Gasteiger partial charge is 0.335 e. The first-order valence-electron chi connectivity index (χ1n) is 10.6. The zero-order valence-corrected chi connectivity index (χ0v) is 18.5. The number of aromatic nitrogens is 4. The normalized spacial score (nSPS) is 10.9. The molecule has 0 saturated heterocycles. The Hall–Kier alpha value is -4.72. The largest absolute Gasteiger partial charge is 0.478 e. The van der Waals surface area contributed by atoms with Crippen LogP contribution in [-0.2, 0) is 0 Å². The van der Waals surface area contributed by atoms with Crippen molar-refractivity contribution in [1.82, 2.24) is 19.9 Å². The molecule has 0 fully saturated rings. The second-order valence-corrected chi connectivity index (χ2v) is 7.89. The van der Waals surface area contributed by atoms with Gasteiger partial charge in [0.1, 0.15) is 23.3 Å². The lowest BCUT2D eigenvalue weighted by Crippen LogP contribution is -1.97. The lowest BCUT2D eigenvalue weighted by atomic mass is 10.1. The number of aryl methyl sites for hydroxylation is 2. The number of H-pyrrole nitrogens is 1. The highest BCUT2D eigenvalue weighted by Gasteiger charge is 2.12. The van der Waals surface area contributed by atoms with Crippen LogP contribution in [0, 0.1) is 13.8 Å². The van der Waals surface area contributed by atoms with Gasteiger partial charge in [-0.1, -0.05) is 12.1 Å². The van der Waals surface area contributed by atoms with Gasteiger partial charge in [-0.15, -0.1) is 0 Å². The number of rotatable bonds is 6. The van der Waals surface area contributed by atoms with Gasteiger partial charge < -0.3 is 20.1 Å². The molecule has 2 aromatic carbocycles. The number of nitrogens with zero attached hydrogens (tertiary/aromatic N) is 3. The summed E-state index contributed by atoms with van der Waals surface area (Å²) in [4.78, 5) is 27.5. The number of anilines is 2. The van der Waals surface area contributed by atoms with Crippen LogP contribution in [0.2, 0.25) is 0 Å². The van der Waals surface area contributed by atoms with Gasteiger partial charge >= 0.3 is 5.97 Å². The Morgan fingerprint density at radius 1 is 0.971 bits per heavy atom. The molecule has 0 aliphatic rings. The molecule has 0 spiro atoms. The molecule has 168 valence electrons. The number of carbonyl (C=O) groups is 1.